The molecular formula is C24H25FN4O3. The van der Waals surface area contributed by atoms with E-state index in [0.717, 1.165) is 11.1 Å². The normalized spacial score (nSPS) is 17.7. The van der Waals surface area contributed by atoms with Gasteiger partial charge in [0.15, 0.2) is 0 Å². The zero-order chi connectivity index (χ0) is 22.7. The van der Waals surface area contributed by atoms with Crippen molar-refractivity contribution in [1.82, 2.24) is 14.7 Å². The smallest absolute Gasteiger partial charge is 0.321 e. The third-order valence-electron chi connectivity index (χ3n) is 5.85. The number of benzene rings is 2. The van der Waals surface area contributed by atoms with Gasteiger partial charge in [0, 0.05) is 45.0 Å². The molecule has 0 spiro atoms. The van der Waals surface area contributed by atoms with Gasteiger partial charge in [-0.25, -0.2) is 9.18 Å². The van der Waals surface area contributed by atoms with Crippen LogP contribution in [0.4, 0.5) is 14.9 Å². The highest BCUT2D eigenvalue weighted by atomic mass is 19.1. The van der Waals surface area contributed by atoms with Crippen LogP contribution in [-0.4, -0.2) is 58.7 Å². The van der Waals surface area contributed by atoms with Crippen molar-refractivity contribution in [2.75, 3.05) is 31.5 Å². The molecule has 2 aliphatic rings. The summed E-state index contributed by atoms with van der Waals surface area (Å²) in [6.45, 7) is 3.13. The Labute approximate surface area is 186 Å². The molecule has 0 radical (unpaired) electrons. The lowest BCUT2D eigenvalue weighted by Crippen LogP contribution is -2.52. The van der Waals surface area contributed by atoms with Gasteiger partial charge in [-0.1, -0.05) is 24.3 Å². The SMILES string of the molecule is CC(=O)N1C=Cc2ccccc2C1CC(=O)N1CCN(C(=O)Nc2ccc(F)cc2)CC1. The average Bonchev–Trinajstić information content (AvgIpc) is 2.80. The number of nitrogens with one attached hydrogen (secondary N) is 1. The fourth-order valence-corrected chi connectivity index (χ4v) is 4.10. The van der Waals surface area contributed by atoms with E-state index in [1.54, 1.807) is 20.9 Å². The van der Waals surface area contributed by atoms with Crippen LogP contribution in [0.2, 0.25) is 0 Å². The number of rotatable bonds is 3. The number of carbonyl (C=O) groups excluding carboxylic acids is 3. The molecule has 166 valence electrons. The summed E-state index contributed by atoms with van der Waals surface area (Å²) in [5.74, 6) is -0.532. The van der Waals surface area contributed by atoms with E-state index in [2.05, 4.69) is 5.32 Å². The Balaban J connectivity index is 1.36. The third kappa shape index (κ3) is 4.64. The van der Waals surface area contributed by atoms with E-state index < -0.39 is 0 Å². The molecule has 2 aliphatic heterocycles. The van der Waals surface area contributed by atoms with Gasteiger partial charge < -0.3 is 20.0 Å². The second-order valence-corrected chi connectivity index (χ2v) is 7.90. The molecule has 0 bridgehead atoms. The summed E-state index contributed by atoms with van der Waals surface area (Å²) in [6, 6.07) is 12.7. The Morgan fingerprint density at radius 2 is 1.62 bits per heavy atom. The number of hydrogen-bond acceptors (Lipinski definition) is 3. The van der Waals surface area contributed by atoms with Crippen molar-refractivity contribution in [3.63, 3.8) is 0 Å². The van der Waals surface area contributed by atoms with E-state index >= 15 is 0 Å². The Bertz CT molecular complexity index is 1050. The molecule has 1 saturated heterocycles. The molecule has 4 rings (SSSR count). The van der Waals surface area contributed by atoms with Crippen LogP contribution in [0.3, 0.4) is 0 Å². The molecule has 0 saturated carbocycles. The second kappa shape index (κ2) is 9.21. The van der Waals surface area contributed by atoms with Crippen molar-refractivity contribution in [2.24, 2.45) is 0 Å². The van der Waals surface area contributed by atoms with Gasteiger partial charge in [0.25, 0.3) is 0 Å². The first-order chi connectivity index (χ1) is 15.4. The molecule has 4 amide bonds. The molecule has 32 heavy (non-hydrogen) atoms. The van der Waals surface area contributed by atoms with Crippen LogP contribution in [0.15, 0.2) is 54.7 Å². The summed E-state index contributed by atoms with van der Waals surface area (Å²) >= 11 is 0. The maximum atomic E-state index is 13.1. The number of hydrogen-bond donors (Lipinski definition) is 1. The Morgan fingerprint density at radius 3 is 2.31 bits per heavy atom. The third-order valence-corrected chi connectivity index (χ3v) is 5.85. The van der Waals surface area contributed by atoms with Crippen LogP contribution in [0, 0.1) is 5.82 Å². The van der Waals surface area contributed by atoms with E-state index in [1.165, 1.54) is 31.2 Å². The van der Waals surface area contributed by atoms with Crippen LogP contribution in [0.5, 0.6) is 0 Å². The van der Waals surface area contributed by atoms with E-state index in [1.807, 2.05) is 30.3 Å². The van der Waals surface area contributed by atoms with Crippen LogP contribution in [0.1, 0.15) is 30.5 Å². The maximum Gasteiger partial charge on any atom is 0.321 e. The lowest BCUT2D eigenvalue weighted by atomic mass is 9.93. The van der Waals surface area contributed by atoms with Crippen LogP contribution in [0.25, 0.3) is 6.08 Å². The van der Waals surface area contributed by atoms with E-state index in [0.29, 0.717) is 31.9 Å². The van der Waals surface area contributed by atoms with E-state index in [9.17, 15) is 18.8 Å². The molecule has 8 heteroatoms. The highest BCUT2D eigenvalue weighted by Gasteiger charge is 2.31. The van der Waals surface area contributed by atoms with E-state index in [-0.39, 0.29) is 36.1 Å². The van der Waals surface area contributed by atoms with Crippen LogP contribution in [-0.2, 0) is 9.59 Å². The minimum atomic E-state index is -0.366. The van der Waals surface area contributed by atoms with Crippen molar-refractivity contribution in [2.45, 2.75) is 19.4 Å². The quantitative estimate of drug-likeness (QED) is 0.801. The first-order valence-corrected chi connectivity index (χ1v) is 10.6. The fourth-order valence-electron chi connectivity index (χ4n) is 4.10. The maximum absolute atomic E-state index is 13.1. The summed E-state index contributed by atoms with van der Waals surface area (Å²) in [6.07, 6.45) is 3.80. The predicted octanol–water partition coefficient (Wildman–Crippen LogP) is 3.47. The summed E-state index contributed by atoms with van der Waals surface area (Å²) < 4.78 is 13.0. The van der Waals surface area contributed by atoms with Gasteiger partial charge in [-0.3, -0.25) is 9.59 Å². The summed E-state index contributed by atoms with van der Waals surface area (Å²) in [4.78, 5) is 42.6. The van der Waals surface area contributed by atoms with Gasteiger partial charge in [0.2, 0.25) is 11.8 Å². The Morgan fingerprint density at radius 1 is 0.969 bits per heavy atom. The zero-order valence-corrected chi connectivity index (χ0v) is 17.8. The van der Waals surface area contributed by atoms with Crippen LogP contribution >= 0.6 is 0 Å². The zero-order valence-electron chi connectivity index (χ0n) is 17.8. The van der Waals surface area contributed by atoms with Crippen molar-refractivity contribution in [1.29, 1.82) is 0 Å². The molecular weight excluding hydrogens is 411 g/mol. The average molecular weight is 436 g/mol. The molecule has 1 fully saturated rings. The number of piperazine rings is 1. The first-order valence-electron chi connectivity index (χ1n) is 10.6. The van der Waals surface area contributed by atoms with Crippen molar-refractivity contribution < 1.29 is 18.8 Å². The Kier molecular flexibility index (Phi) is 6.20. The topological polar surface area (TPSA) is 73.0 Å². The molecule has 1 unspecified atom stereocenters. The lowest BCUT2D eigenvalue weighted by molar-refractivity contribution is -0.135. The van der Waals surface area contributed by atoms with E-state index in [4.69, 9.17) is 0 Å². The van der Waals surface area contributed by atoms with Crippen LogP contribution < -0.4 is 5.32 Å². The number of nitrogens with zero attached hydrogens (tertiary/aromatic N) is 3. The summed E-state index contributed by atoms with van der Waals surface area (Å²) in [7, 11) is 0. The van der Waals surface area contributed by atoms with Gasteiger partial charge >= 0.3 is 6.03 Å². The van der Waals surface area contributed by atoms with Crippen molar-refractivity contribution in [3.05, 3.63) is 71.7 Å². The summed E-state index contributed by atoms with van der Waals surface area (Å²) in [5, 5.41) is 2.74. The molecule has 0 aromatic heterocycles. The van der Waals surface area contributed by atoms with Gasteiger partial charge in [0.1, 0.15) is 5.82 Å². The second-order valence-electron chi connectivity index (χ2n) is 7.90. The molecule has 0 aliphatic carbocycles. The number of halogens is 1. The number of amides is 4. The molecule has 7 nitrogen and oxygen atoms in total. The fraction of sp³-hybridized carbons (Fsp3) is 0.292. The molecule has 2 aromatic rings. The molecule has 2 aromatic carbocycles. The number of fused-ring (bicyclic) bond motifs is 1. The predicted molar refractivity (Wildman–Crippen MR) is 119 cm³/mol. The monoisotopic (exact) mass is 436 g/mol. The minimum absolute atomic E-state index is 0.0510. The lowest BCUT2D eigenvalue weighted by Gasteiger charge is -2.37. The van der Waals surface area contributed by atoms with Gasteiger partial charge in [-0.2, -0.15) is 0 Å². The minimum Gasteiger partial charge on any atom is -0.339 e. The molecule has 1 N–H and O–H groups in total. The largest absolute Gasteiger partial charge is 0.339 e. The highest BCUT2D eigenvalue weighted by Crippen LogP contribution is 2.33. The molecule has 2 heterocycles. The van der Waals surface area contributed by atoms with Crippen molar-refractivity contribution >= 4 is 29.6 Å². The standard InChI is InChI=1S/C24H25FN4O3/c1-17(30)29-11-10-18-4-2-3-5-21(18)22(29)16-23(31)27-12-14-28(15-13-27)24(32)26-20-8-6-19(25)7-9-20/h2-11,22H,12-16H2,1H3,(H,26,32). The Hall–Kier alpha value is -3.68. The van der Waals surface area contributed by atoms with Gasteiger partial charge in [-0.15, -0.1) is 0 Å². The van der Waals surface area contributed by atoms with Crippen molar-refractivity contribution in [3.8, 4) is 0 Å². The highest BCUT2D eigenvalue weighted by molar-refractivity contribution is 5.89. The summed E-state index contributed by atoms with van der Waals surface area (Å²) in [5.41, 5.74) is 2.48. The first kappa shape index (κ1) is 21.5. The molecule has 1 atom stereocenters. The van der Waals surface area contributed by atoms with Gasteiger partial charge in [0.05, 0.1) is 12.5 Å². The number of carbonyl (C=O) groups is 3. The number of urea groups is 1. The van der Waals surface area contributed by atoms with Gasteiger partial charge in [-0.05, 0) is 41.5 Å². The number of anilines is 1.